The second-order valence-electron chi connectivity index (χ2n) is 5.66. The number of carbonyl (C=O) groups is 2. The number of rotatable bonds is 4. The van der Waals surface area contributed by atoms with Gasteiger partial charge in [-0.3, -0.25) is 14.6 Å². The van der Waals surface area contributed by atoms with E-state index >= 15 is 0 Å². The highest BCUT2D eigenvalue weighted by Gasteiger charge is 2.13. The van der Waals surface area contributed by atoms with E-state index in [0.29, 0.717) is 22.0 Å². The number of amides is 2. The minimum absolute atomic E-state index is 0.164. The maximum absolute atomic E-state index is 12.4. The fourth-order valence-corrected chi connectivity index (χ4v) is 2.46. The number of aromatic nitrogens is 1. The minimum Gasteiger partial charge on any atom is -0.322 e. The number of para-hydroxylation sites is 1. The normalized spacial score (nSPS) is 10.2. The largest absolute Gasteiger partial charge is 0.322 e. The maximum atomic E-state index is 12.4. The van der Waals surface area contributed by atoms with Crippen LogP contribution in [0, 0.1) is 6.92 Å². The Balaban J connectivity index is 1.75. The highest BCUT2D eigenvalue weighted by atomic mass is 35.5. The molecule has 0 unspecified atom stereocenters. The molecule has 0 saturated heterocycles. The topological polar surface area (TPSA) is 71.1 Å². The van der Waals surface area contributed by atoms with Crippen LogP contribution in [0.15, 0.2) is 66.9 Å². The second-order valence-corrected chi connectivity index (χ2v) is 6.10. The molecule has 0 aliphatic heterocycles. The summed E-state index contributed by atoms with van der Waals surface area (Å²) in [7, 11) is 0. The van der Waals surface area contributed by atoms with E-state index in [-0.39, 0.29) is 17.5 Å². The number of halogens is 1. The van der Waals surface area contributed by atoms with E-state index < -0.39 is 0 Å². The van der Waals surface area contributed by atoms with Crippen LogP contribution < -0.4 is 10.6 Å². The molecule has 2 amide bonds. The van der Waals surface area contributed by atoms with Gasteiger partial charge in [0.2, 0.25) is 0 Å². The number of anilines is 2. The predicted molar refractivity (Wildman–Crippen MR) is 103 cm³/mol. The molecule has 130 valence electrons. The van der Waals surface area contributed by atoms with Crippen LogP contribution in [0.5, 0.6) is 0 Å². The molecule has 1 aromatic heterocycles. The Labute approximate surface area is 156 Å². The third kappa shape index (κ3) is 4.26. The Kier molecular flexibility index (Phi) is 5.29. The number of aryl methyl sites for hydroxylation is 1. The number of hydrogen-bond acceptors (Lipinski definition) is 3. The van der Waals surface area contributed by atoms with Gasteiger partial charge in [0.15, 0.2) is 0 Å². The Morgan fingerprint density at radius 3 is 2.38 bits per heavy atom. The molecular formula is C20H16ClN3O2. The van der Waals surface area contributed by atoms with Gasteiger partial charge in [-0.25, -0.2) is 0 Å². The molecule has 5 nitrogen and oxygen atoms in total. The summed E-state index contributed by atoms with van der Waals surface area (Å²) in [4.78, 5) is 28.9. The third-order valence-corrected chi connectivity index (χ3v) is 4.00. The van der Waals surface area contributed by atoms with Crippen LogP contribution in [0.2, 0.25) is 5.02 Å². The number of pyridine rings is 1. The maximum Gasteiger partial charge on any atom is 0.274 e. The van der Waals surface area contributed by atoms with E-state index in [9.17, 15) is 9.59 Å². The second kappa shape index (κ2) is 7.80. The van der Waals surface area contributed by atoms with Gasteiger partial charge in [0.1, 0.15) is 5.69 Å². The highest BCUT2D eigenvalue weighted by molar-refractivity contribution is 6.30. The van der Waals surface area contributed by atoms with Crippen molar-refractivity contribution in [2.45, 2.75) is 6.92 Å². The minimum atomic E-state index is -0.375. The molecule has 0 bridgehead atoms. The van der Waals surface area contributed by atoms with Crippen molar-refractivity contribution in [3.8, 4) is 0 Å². The van der Waals surface area contributed by atoms with Gasteiger partial charge in [-0.2, -0.15) is 0 Å². The van der Waals surface area contributed by atoms with Gasteiger partial charge in [0.25, 0.3) is 11.8 Å². The molecular weight excluding hydrogens is 350 g/mol. The van der Waals surface area contributed by atoms with E-state index in [1.165, 1.54) is 12.3 Å². The molecule has 0 fully saturated rings. The van der Waals surface area contributed by atoms with Crippen LogP contribution in [0.3, 0.4) is 0 Å². The van der Waals surface area contributed by atoms with E-state index in [1.54, 1.807) is 30.3 Å². The number of benzene rings is 2. The van der Waals surface area contributed by atoms with Crippen LogP contribution in [-0.4, -0.2) is 16.8 Å². The zero-order valence-electron chi connectivity index (χ0n) is 14.0. The molecule has 0 spiro atoms. The smallest absolute Gasteiger partial charge is 0.274 e. The lowest BCUT2D eigenvalue weighted by molar-refractivity contribution is 0.102. The van der Waals surface area contributed by atoms with Crippen molar-refractivity contribution in [2.24, 2.45) is 0 Å². The fourth-order valence-electron chi connectivity index (χ4n) is 2.33. The van der Waals surface area contributed by atoms with Crippen molar-refractivity contribution in [3.63, 3.8) is 0 Å². The molecule has 2 N–H and O–H groups in total. The summed E-state index contributed by atoms with van der Waals surface area (Å²) < 4.78 is 0. The molecule has 0 atom stereocenters. The molecule has 6 heteroatoms. The van der Waals surface area contributed by atoms with Crippen LogP contribution >= 0.6 is 11.6 Å². The molecule has 0 aliphatic rings. The molecule has 1 heterocycles. The Morgan fingerprint density at radius 2 is 1.65 bits per heavy atom. The predicted octanol–water partition coefficient (Wildman–Crippen LogP) is 4.55. The summed E-state index contributed by atoms with van der Waals surface area (Å²) in [6.45, 7) is 1.90. The standard InChI is InChI=1S/C20H16ClN3O2/c1-13-4-2-3-5-17(13)24-20(26)18-12-14(10-11-22-18)19(25)23-16-8-6-15(21)7-9-16/h2-12H,1H3,(H,23,25)(H,24,26). The first-order valence-corrected chi connectivity index (χ1v) is 8.31. The fraction of sp³-hybridized carbons (Fsp3) is 0.0500. The SMILES string of the molecule is Cc1ccccc1NC(=O)c1cc(C(=O)Nc2ccc(Cl)cc2)ccn1. The lowest BCUT2D eigenvalue weighted by Gasteiger charge is -2.09. The Hall–Kier alpha value is -3.18. The lowest BCUT2D eigenvalue weighted by Crippen LogP contribution is -2.17. The van der Waals surface area contributed by atoms with Gasteiger partial charge in [-0.05, 0) is 55.0 Å². The van der Waals surface area contributed by atoms with Gasteiger partial charge >= 0.3 is 0 Å². The summed E-state index contributed by atoms with van der Waals surface area (Å²) in [6, 6.07) is 17.2. The van der Waals surface area contributed by atoms with Crippen molar-refractivity contribution in [3.05, 3.63) is 88.7 Å². The average molecular weight is 366 g/mol. The molecule has 0 aliphatic carbocycles. The number of carbonyl (C=O) groups excluding carboxylic acids is 2. The van der Waals surface area contributed by atoms with Gasteiger partial charge in [0, 0.05) is 28.2 Å². The third-order valence-electron chi connectivity index (χ3n) is 3.75. The van der Waals surface area contributed by atoms with Crippen LogP contribution in [0.4, 0.5) is 11.4 Å². The van der Waals surface area contributed by atoms with Crippen LogP contribution in [-0.2, 0) is 0 Å². The number of nitrogens with zero attached hydrogens (tertiary/aromatic N) is 1. The lowest BCUT2D eigenvalue weighted by atomic mass is 10.1. The van der Waals surface area contributed by atoms with E-state index in [2.05, 4.69) is 15.6 Å². The molecule has 26 heavy (non-hydrogen) atoms. The summed E-state index contributed by atoms with van der Waals surface area (Å²) >= 11 is 5.83. The number of hydrogen-bond donors (Lipinski definition) is 2. The average Bonchev–Trinajstić information content (AvgIpc) is 2.65. The Bertz CT molecular complexity index is 955. The van der Waals surface area contributed by atoms with Crippen LogP contribution in [0.25, 0.3) is 0 Å². The first-order chi connectivity index (χ1) is 12.5. The van der Waals surface area contributed by atoms with E-state index in [0.717, 1.165) is 5.56 Å². The van der Waals surface area contributed by atoms with Gasteiger partial charge < -0.3 is 10.6 Å². The monoisotopic (exact) mass is 365 g/mol. The van der Waals surface area contributed by atoms with Crippen molar-refractivity contribution in [2.75, 3.05) is 10.6 Å². The van der Waals surface area contributed by atoms with Gasteiger partial charge in [-0.1, -0.05) is 29.8 Å². The zero-order chi connectivity index (χ0) is 18.5. The zero-order valence-corrected chi connectivity index (χ0v) is 14.7. The summed E-state index contributed by atoms with van der Waals surface area (Å²) in [5, 5.41) is 6.14. The van der Waals surface area contributed by atoms with Crippen molar-refractivity contribution in [1.29, 1.82) is 0 Å². The van der Waals surface area contributed by atoms with E-state index in [1.807, 2.05) is 31.2 Å². The van der Waals surface area contributed by atoms with E-state index in [4.69, 9.17) is 11.6 Å². The highest BCUT2D eigenvalue weighted by Crippen LogP contribution is 2.16. The quantitative estimate of drug-likeness (QED) is 0.712. The Morgan fingerprint density at radius 1 is 0.923 bits per heavy atom. The van der Waals surface area contributed by atoms with Gasteiger partial charge in [0.05, 0.1) is 0 Å². The van der Waals surface area contributed by atoms with Crippen molar-refractivity contribution >= 4 is 34.8 Å². The molecule has 3 rings (SSSR count). The van der Waals surface area contributed by atoms with Crippen LogP contribution in [0.1, 0.15) is 26.4 Å². The van der Waals surface area contributed by atoms with Crippen molar-refractivity contribution < 1.29 is 9.59 Å². The number of nitrogens with one attached hydrogen (secondary N) is 2. The molecule has 2 aromatic carbocycles. The van der Waals surface area contributed by atoms with Gasteiger partial charge in [-0.15, -0.1) is 0 Å². The first-order valence-electron chi connectivity index (χ1n) is 7.93. The molecule has 0 radical (unpaired) electrons. The first kappa shape index (κ1) is 17.6. The summed E-state index contributed by atoms with van der Waals surface area (Å²) in [5.41, 5.74) is 2.76. The summed E-state index contributed by atoms with van der Waals surface area (Å²) in [5.74, 6) is -0.708. The van der Waals surface area contributed by atoms with Crippen molar-refractivity contribution in [1.82, 2.24) is 4.98 Å². The molecule has 0 saturated carbocycles. The molecule has 3 aromatic rings. The summed E-state index contributed by atoms with van der Waals surface area (Å²) in [6.07, 6.45) is 1.43.